The van der Waals surface area contributed by atoms with Gasteiger partial charge in [0.1, 0.15) is 12.4 Å². The summed E-state index contributed by atoms with van der Waals surface area (Å²) in [5.41, 5.74) is 1.74. The standard InChI is InChI=1S/C15H13NO3/c17-12-6-5-10-7-11(16-13(10)8-12)9-19-15-4-2-1-3-14(15)18/h1-8,16-18H,9H2. The number of ether oxygens (including phenoxy) is 1. The van der Waals surface area contributed by atoms with Crippen molar-refractivity contribution in [2.24, 2.45) is 0 Å². The Kier molecular flexibility index (Phi) is 2.76. The second kappa shape index (κ2) is 4.57. The number of hydrogen-bond donors (Lipinski definition) is 3. The fraction of sp³-hybridized carbons (Fsp3) is 0.0667. The number of para-hydroxylation sites is 2. The van der Waals surface area contributed by atoms with Crippen LogP contribution >= 0.6 is 0 Å². The van der Waals surface area contributed by atoms with E-state index in [2.05, 4.69) is 4.98 Å². The SMILES string of the molecule is Oc1ccc2cc(COc3ccccc3O)[nH]c2c1. The van der Waals surface area contributed by atoms with Crippen LogP contribution < -0.4 is 4.74 Å². The molecule has 19 heavy (non-hydrogen) atoms. The second-order valence-electron chi connectivity index (χ2n) is 4.32. The molecule has 0 radical (unpaired) electrons. The van der Waals surface area contributed by atoms with E-state index in [0.29, 0.717) is 12.4 Å². The molecule has 0 atom stereocenters. The molecule has 4 nitrogen and oxygen atoms in total. The maximum atomic E-state index is 9.60. The lowest BCUT2D eigenvalue weighted by Gasteiger charge is -2.05. The molecule has 0 aliphatic rings. The first kappa shape index (κ1) is 11.5. The average molecular weight is 255 g/mol. The summed E-state index contributed by atoms with van der Waals surface area (Å²) in [6, 6.07) is 13.9. The van der Waals surface area contributed by atoms with Crippen molar-refractivity contribution in [3.05, 3.63) is 54.2 Å². The molecule has 1 heterocycles. The summed E-state index contributed by atoms with van der Waals surface area (Å²) in [6.07, 6.45) is 0. The molecule has 1 aromatic heterocycles. The van der Waals surface area contributed by atoms with Gasteiger partial charge in [0.05, 0.1) is 5.69 Å². The van der Waals surface area contributed by atoms with E-state index in [1.54, 1.807) is 36.4 Å². The van der Waals surface area contributed by atoms with Crippen LogP contribution in [-0.2, 0) is 6.61 Å². The van der Waals surface area contributed by atoms with Gasteiger partial charge >= 0.3 is 0 Å². The van der Waals surface area contributed by atoms with Gasteiger partial charge < -0.3 is 19.9 Å². The Labute approximate surface area is 109 Å². The molecular formula is C15H13NO3. The zero-order valence-electron chi connectivity index (χ0n) is 10.1. The van der Waals surface area contributed by atoms with Crippen LogP contribution in [0.3, 0.4) is 0 Å². The molecule has 0 aliphatic heterocycles. The molecule has 0 saturated carbocycles. The number of aromatic hydroxyl groups is 2. The summed E-state index contributed by atoms with van der Waals surface area (Å²) in [5, 5.41) is 20.0. The third kappa shape index (κ3) is 2.33. The molecule has 0 unspecified atom stereocenters. The lowest BCUT2D eigenvalue weighted by atomic mass is 10.2. The lowest BCUT2D eigenvalue weighted by molar-refractivity contribution is 0.286. The number of hydrogen-bond acceptors (Lipinski definition) is 3. The molecule has 3 aromatic rings. The third-order valence-corrected chi connectivity index (χ3v) is 2.91. The normalized spacial score (nSPS) is 10.7. The predicted octanol–water partition coefficient (Wildman–Crippen LogP) is 3.16. The number of nitrogens with one attached hydrogen (secondary N) is 1. The van der Waals surface area contributed by atoms with Crippen LogP contribution in [0, 0.1) is 0 Å². The van der Waals surface area contributed by atoms with Crippen LogP contribution in [0.4, 0.5) is 0 Å². The van der Waals surface area contributed by atoms with Gasteiger partial charge in [0.2, 0.25) is 0 Å². The predicted molar refractivity (Wildman–Crippen MR) is 72.4 cm³/mol. The van der Waals surface area contributed by atoms with Crippen molar-refractivity contribution in [1.82, 2.24) is 4.98 Å². The van der Waals surface area contributed by atoms with Gasteiger partial charge in [-0.15, -0.1) is 0 Å². The van der Waals surface area contributed by atoms with Gasteiger partial charge in [0, 0.05) is 17.0 Å². The van der Waals surface area contributed by atoms with Crippen LogP contribution in [0.15, 0.2) is 48.5 Å². The summed E-state index contributed by atoms with van der Waals surface area (Å²) in [4.78, 5) is 3.16. The Bertz CT molecular complexity index is 718. The van der Waals surface area contributed by atoms with Crippen molar-refractivity contribution in [3.63, 3.8) is 0 Å². The van der Waals surface area contributed by atoms with Gasteiger partial charge in [-0.05, 0) is 30.3 Å². The second-order valence-corrected chi connectivity index (χ2v) is 4.32. The van der Waals surface area contributed by atoms with Crippen molar-refractivity contribution in [1.29, 1.82) is 0 Å². The zero-order valence-corrected chi connectivity index (χ0v) is 10.1. The summed E-state index contributed by atoms with van der Waals surface area (Å²) >= 11 is 0. The Morgan fingerprint density at radius 1 is 1.00 bits per heavy atom. The minimum absolute atomic E-state index is 0.122. The summed E-state index contributed by atoms with van der Waals surface area (Å²) in [7, 11) is 0. The highest BCUT2D eigenvalue weighted by Gasteiger charge is 2.04. The molecule has 0 aliphatic carbocycles. The Morgan fingerprint density at radius 3 is 2.68 bits per heavy atom. The topological polar surface area (TPSA) is 65.5 Å². The van der Waals surface area contributed by atoms with E-state index in [1.165, 1.54) is 0 Å². The first-order valence-corrected chi connectivity index (χ1v) is 5.94. The molecule has 2 aromatic carbocycles. The number of phenols is 2. The quantitative estimate of drug-likeness (QED) is 0.673. The lowest BCUT2D eigenvalue weighted by Crippen LogP contribution is -1.95. The van der Waals surface area contributed by atoms with E-state index in [4.69, 9.17) is 4.74 Å². The molecule has 96 valence electrons. The molecule has 3 rings (SSSR count). The smallest absolute Gasteiger partial charge is 0.161 e. The van der Waals surface area contributed by atoms with Crippen molar-refractivity contribution in [2.75, 3.05) is 0 Å². The van der Waals surface area contributed by atoms with Crippen LogP contribution in [0.25, 0.3) is 10.9 Å². The summed E-state index contributed by atoms with van der Waals surface area (Å²) < 4.78 is 5.54. The van der Waals surface area contributed by atoms with Crippen molar-refractivity contribution in [3.8, 4) is 17.2 Å². The molecule has 0 spiro atoms. The monoisotopic (exact) mass is 255 g/mol. The third-order valence-electron chi connectivity index (χ3n) is 2.91. The Hall–Kier alpha value is -2.62. The molecule has 3 N–H and O–H groups in total. The van der Waals surface area contributed by atoms with Crippen molar-refractivity contribution < 1.29 is 14.9 Å². The number of aromatic nitrogens is 1. The maximum absolute atomic E-state index is 9.60. The minimum Gasteiger partial charge on any atom is -0.508 e. The van der Waals surface area contributed by atoms with Crippen LogP contribution in [0.2, 0.25) is 0 Å². The first-order chi connectivity index (χ1) is 9.22. The maximum Gasteiger partial charge on any atom is 0.161 e. The van der Waals surface area contributed by atoms with E-state index in [1.807, 2.05) is 12.1 Å². The molecule has 0 saturated heterocycles. The van der Waals surface area contributed by atoms with Gasteiger partial charge in [0.15, 0.2) is 11.5 Å². The zero-order chi connectivity index (χ0) is 13.2. The van der Waals surface area contributed by atoms with E-state index in [-0.39, 0.29) is 11.5 Å². The molecule has 0 bridgehead atoms. The van der Waals surface area contributed by atoms with Crippen LogP contribution in [0.1, 0.15) is 5.69 Å². The van der Waals surface area contributed by atoms with Crippen LogP contribution in [0.5, 0.6) is 17.2 Å². The van der Waals surface area contributed by atoms with Crippen molar-refractivity contribution >= 4 is 10.9 Å². The van der Waals surface area contributed by atoms with Gasteiger partial charge in [-0.3, -0.25) is 0 Å². The van der Waals surface area contributed by atoms with Gasteiger partial charge in [-0.2, -0.15) is 0 Å². The largest absolute Gasteiger partial charge is 0.508 e. The Balaban J connectivity index is 1.80. The average Bonchev–Trinajstić information content (AvgIpc) is 2.79. The van der Waals surface area contributed by atoms with E-state index < -0.39 is 0 Å². The number of benzene rings is 2. The van der Waals surface area contributed by atoms with Crippen LogP contribution in [-0.4, -0.2) is 15.2 Å². The fourth-order valence-electron chi connectivity index (χ4n) is 1.99. The minimum atomic E-state index is 0.122. The number of H-pyrrole nitrogens is 1. The highest BCUT2D eigenvalue weighted by Crippen LogP contribution is 2.26. The highest BCUT2D eigenvalue weighted by molar-refractivity contribution is 5.81. The summed E-state index contributed by atoms with van der Waals surface area (Å²) in [5.74, 6) is 0.794. The van der Waals surface area contributed by atoms with E-state index in [9.17, 15) is 10.2 Å². The molecular weight excluding hydrogens is 242 g/mol. The number of aromatic amines is 1. The number of fused-ring (bicyclic) bond motifs is 1. The fourth-order valence-corrected chi connectivity index (χ4v) is 1.99. The summed E-state index contributed by atoms with van der Waals surface area (Å²) in [6.45, 7) is 0.326. The van der Waals surface area contributed by atoms with Gasteiger partial charge in [0.25, 0.3) is 0 Å². The highest BCUT2D eigenvalue weighted by atomic mass is 16.5. The Morgan fingerprint density at radius 2 is 1.84 bits per heavy atom. The number of rotatable bonds is 3. The number of phenolic OH excluding ortho intramolecular Hbond substituents is 2. The van der Waals surface area contributed by atoms with Crippen molar-refractivity contribution in [2.45, 2.75) is 6.61 Å². The molecule has 4 heteroatoms. The van der Waals surface area contributed by atoms with E-state index >= 15 is 0 Å². The first-order valence-electron chi connectivity index (χ1n) is 5.94. The molecule has 0 amide bonds. The van der Waals surface area contributed by atoms with E-state index in [0.717, 1.165) is 16.6 Å². The van der Waals surface area contributed by atoms with Gasteiger partial charge in [-0.1, -0.05) is 12.1 Å². The molecule has 0 fully saturated rings. The van der Waals surface area contributed by atoms with Gasteiger partial charge in [-0.25, -0.2) is 0 Å².